The van der Waals surface area contributed by atoms with Gasteiger partial charge in [0, 0.05) is 61.6 Å². The van der Waals surface area contributed by atoms with Crippen molar-refractivity contribution in [2.24, 2.45) is 5.92 Å². The van der Waals surface area contributed by atoms with E-state index >= 15 is 0 Å². The Labute approximate surface area is 218 Å². The van der Waals surface area contributed by atoms with Gasteiger partial charge in [-0.15, -0.1) is 0 Å². The highest BCUT2D eigenvalue weighted by Crippen LogP contribution is 2.29. The molecule has 4 aromatic rings. The summed E-state index contributed by atoms with van der Waals surface area (Å²) in [6, 6.07) is 19.0. The van der Waals surface area contributed by atoms with E-state index in [1.165, 1.54) is 22.9 Å². The number of carbonyl (C=O) groups excluding carboxylic acids is 1. The van der Waals surface area contributed by atoms with Crippen molar-refractivity contribution in [1.29, 1.82) is 0 Å². The molecule has 2 aromatic carbocycles. The van der Waals surface area contributed by atoms with Crippen molar-refractivity contribution < 1.29 is 9.53 Å². The molecule has 7 nitrogen and oxygen atoms in total. The highest BCUT2D eigenvalue weighted by atomic mass is 16.5. The zero-order chi connectivity index (χ0) is 25.0. The van der Waals surface area contributed by atoms with Crippen LogP contribution in [0.1, 0.15) is 43.9 Å². The number of aromatic nitrogens is 3. The van der Waals surface area contributed by atoms with Crippen LogP contribution in [0.2, 0.25) is 0 Å². The van der Waals surface area contributed by atoms with Gasteiger partial charge in [-0.1, -0.05) is 36.4 Å². The first kappa shape index (κ1) is 23.8. The van der Waals surface area contributed by atoms with E-state index in [2.05, 4.69) is 51.6 Å². The maximum absolute atomic E-state index is 12.6. The van der Waals surface area contributed by atoms with Crippen LogP contribution in [0.4, 0.5) is 4.79 Å². The van der Waals surface area contributed by atoms with Crippen LogP contribution in [0.25, 0.3) is 22.0 Å². The second-order valence-corrected chi connectivity index (χ2v) is 10.3. The number of hydrogen-bond donors (Lipinski definition) is 1. The lowest BCUT2D eigenvalue weighted by molar-refractivity contribution is -0.0394. The summed E-state index contributed by atoms with van der Waals surface area (Å²) in [5, 5.41) is 8.89. The van der Waals surface area contributed by atoms with Crippen molar-refractivity contribution in [2.45, 2.75) is 51.4 Å². The molecule has 7 heteroatoms. The minimum Gasteiger partial charge on any atom is -0.357 e. The number of fused-ring (bicyclic) bond motifs is 1. The molecule has 2 aliphatic heterocycles. The fraction of sp³-hybridized carbons (Fsp3) is 0.400. The van der Waals surface area contributed by atoms with Crippen molar-refractivity contribution >= 4 is 16.9 Å². The number of likely N-dealkylation sites (tertiary alicyclic amines) is 1. The number of piperidine rings is 1. The Kier molecular flexibility index (Phi) is 6.95. The van der Waals surface area contributed by atoms with Crippen LogP contribution in [0.15, 0.2) is 73.2 Å². The third-order valence-electron chi connectivity index (χ3n) is 7.80. The number of urea groups is 1. The van der Waals surface area contributed by atoms with Crippen LogP contribution in [0, 0.1) is 5.92 Å². The first-order valence-corrected chi connectivity index (χ1v) is 13.5. The molecule has 0 saturated carbocycles. The first-order valence-electron chi connectivity index (χ1n) is 13.5. The zero-order valence-corrected chi connectivity index (χ0v) is 21.3. The lowest BCUT2D eigenvalue weighted by Crippen LogP contribution is -2.44. The van der Waals surface area contributed by atoms with Crippen LogP contribution in [-0.4, -0.2) is 45.0 Å². The molecule has 1 N–H and O–H groups in total. The van der Waals surface area contributed by atoms with Gasteiger partial charge in [0.15, 0.2) is 0 Å². The first-order chi connectivity index (χ1) is 18.2. The van der Waals surface area contributed by atoms with Gasteiger partial charge >= 0.3 is 6.03 Å². The lowest BCUT2D eigenvalue weighted by Gasteiger charge is -2.32. The molecule has 4 heterocycles. The number of ether oxygens (including phenoxy) is 1. The molecule has 0 aliphatic carbocycles. The van der Waals surface area contributed by atoms with E-state index in [0.717, 1.165) is 63.1 Å². The number of nitrogens with one attached hydrogen (secondary N) is 1. The van der Waals surface area contributed by atoms with E-state index in [4.69, 9.17) is 4.74 Å². The van der Waals surface area contributed by atoms with Gasteiger partial charge in [0.1, 0.15) is 6.23 Å². The van der Waals surface area contributed by atoms with Crippen molar-refractivity contribution in [3.63, 3.8) is 0 Å². The fourth-order valence-corrected chi connectivity index (χ4v) is 5.60. The highest BCUT2D eigenvalue weighted by molar-refractivity contribution is 5.85. The minimum atomic E-state index is 0.0413. The molecule has 2 amide bonds. The highest BCUT2D eigenvalue weighted by Gasteiger charge is 2.23. The maximum atomic E-state index is 12.6. The molecule has 2 aromatic heterocycles. The number of hydrogen-bond acceptors (Lipinski definition) is 3. The molecular formula is C30H35N5O2. The molecule has 37 heavy (non-hydrogen) atoms. The topological polar surface area (TPSA) is 64.3 Å². The average Bonchev–Trinajstić information content (AvgIpc) is 3.61. The van der Waals surface area contributed by atoms with E-state index in [-0.39, 0.29) is 12.3 Å². The molecule has 6 rings (SSSR count). The molecule has 0 spiro atoms. The average molecular weight is 498 g/mol. The monoisotopic (exact) mass is 497 g/mol. The molecule has 1 atom stereocenters. The summed E-state index contributed by atoms with van der Waals surface area (Å²) in [5.74, 6) is 0.571. The second-order valence-electron chi connectivity index (χ2n) is 10.3. The molecule has 2 saturated heterocycles. The predicted molar refractivity (Wildman–Crippen MR) is 145 cm³/mol. The smallest absolute Gasteiger partial charge is 0.317 e. The van der Waals surface area contributed by atoms with E-state index in [0.29, 0.717) is 12.5 Å². The molecule has 0 radical (unpaired) electrons. The Balaban J connectivity index is 1.04. The standard InChI is InChI=1S/C30H35N5O2/c36-30(31-19-23-6-2-1-3-7-23)33-14-11-24(12-15-33)21-34-16-13-26-18-25(9-10-28(26)34)27-20-32-35(22-27)29-8-4-5-17-37-29/h1-3,6-7,9-10,13,16,18,20,22,24,29H,4-5,8,11-12,14-15,17,19,21H2,(H,31,36). The van der Waals surface area contributed by atoms with E-state index in [9.17, 15) is 4.79 Å². The Morgan fingerprint density at radius 1 is 1.00 bits per heavy atom. The third-order valence-corrected chi connectivity index (χ3v) is 7.80. The van der Waals surface area contributed by atoms with Gasteiger partial charge in [0.25, 0.3) is 0 Å². The van der Waals surface area contributed by atoms with Crippen LogP contribution in [0.5, 0.6) is 0 Å². The summed E-state index contributed by atoms with van der Waals surface area (Å²) in [7, 11) is 0. The van der Waals surface area contributed by atoms with E-state index < -0.39 is 0 Å². The van der Waals surface area contributed by atoms with Crippen molar-refractivity contribution in [3.8, 4) is 11.1 Å². The van der Waals surface area contributed by atoms with Gasteiger partial charge in [0.05, 0.1) is 6.20 Å². The molecule has 2 aliphatic rings. The number of nitrogens with zero attached hydrogens (tertiary/aromatic N) is 4. The molecule has 192 valence electrons. The third kappa shape index (κ3) is 5.42. The Morgan fingerprint density at radius 2 is 1.86 bits per heavy atom. The largest absolute Gasteiger partial charge is 0.357 e. The van der Waals surface area contributed by atoms with Gasteiger partial charge in [-0.3, -0.25) is 0 Å². The van der Waals surface area contributed by atoms with Crippen LogP contribution >= 0.6 is 0 Å². The van der Waals surface area contributed by atoms with Crippen molar-refractivity contribution in [1.82, 2.24) is 24.6 Å². The summed E-state index contributed by atoms with van der Waals surface area (Å²) < 4.78 is 10.2. The zero-order valence-electron chi connectivity index (χ0n) is 21.3. The Morgan fingerprint density at radius 3 is 2.68 bits per heavy atom. The lowest BCUT2D eigenvalue weighted by atomic mass is 9.97. The number of carbonyl (C=O) groups is 1. The molecule has 1 unspecified atom stereocenters. The van der Waals surface area contributed by atoms with Crippen molar-refractivity contribution in [3.05, 3.63) is 78.8 Å². The summed E-state index contributed by atoms with van der Waals surface area (Å²) in [6.45, 7) is 4.00. The normalized spacial score (nSPS) is 18.8. The number of benzene rings is 2. The van der Waals surface area contributed by atoms with Crippen LogP contribution in [0.3, 0.4) is 0 Å². The summed E-state index contributed by atoms with van der Waals surface area (Å²) >= 11 is 0. The van der Waals surface area contributed by atoms with E-state index in [1.54, 1.807) is 0 Å². The predicted octanol–water partition coefficient (Wildman–Crippen LogP) is 5.83. The van der Waals surface area contributed by atoms with Gasteiger partial charge in [-0.25, -0.2) is 9.48 Å². The van der Waals surface area contributed by atoms with E-state index in [1.807, 2.05) is 46.1 Å². The summed E-state index contributed by atoms with van der Waals surface area (Å²) in [6.07, 6.45) is 11.7. The quantitative estimate of drug-likeness (QED) is 0.365. The van der Waals surface area contributed by atoms with Gasteiger partial charge in [-0.05, 0) is 67.3 Å². The SMILES string of the molecule is O=C(NCc1ccccc1)N1CCC(Cn2ccc3cc(-c4cnn(C5CCCCO5)c4)ccc32)CC1. The van der Waals surface area contributed by atoms with Gasteiger partial charge in [-0.2, -0.15) is 5.10 Å². The Bertz CT molecular complexity index is 1330. The maximum Gasteiger partial charge on any atom is 0.317 e. The second kappa shape index (κ2) is 10.8. The minimum absolute atomic E-state index is 0.0413. The Hall–Kier alpha value is -3.58. The molecule has 0 bridgehead atoms. The van der Waals surface area contributed by atoms with Gasteiger partial charge < -0.3 is 19.5 Å². The van der Waals surface area contributed by atoms with Crippen LogP contribution in [-0.2, 0) is 17.8 Å². The number of amides is 2. The van der Waals surface area contributed by atoms with Gasteiger partial charge in [0.2, 0.25) is 0 Å². The number of rotatable bonds is 6. The fourth-order valence-electron chi connectivity index (χ4n) is 5.60. The summed E-state index contributed by atoms with van der Waals surface area (Å²) in [4.78, 5) is 14.6. The summed E-state index contributed by atoms with van der Waals surface area (Å²) in [5.41, 5.74) is 4.69. The molecule has 2 fully saturated rings. The van der Waals surface area contributed by atoms with Crippen molar-refractivity contribution in [2.75, 3.05) is 19.7 Å². The van der Waals surface area contributed by atoms with Crippen LogP contribution < -0.4 is 5.32 Å². The molecular weight excluding hydrogens is 462 g/mol.